The van der Waals surface area contributed by atoms with Gasteiger partial charge in [0.05, 0.1) is 18.2 Å². The first kappa shape index (κ1) is 20.1. The minimum atomic E-state index is -0.282. The summed E-state index contributed by atoms with van der Waals surface area (Å²) in [6, 6.07) is 14.1. The number of rotatable bonds is 5. The van der Waals surface area contributed by atoms with Crippen molar-refractivity contribution in [3.05, 3.63) is 65.5 Å². The summed E-state index contributed by atoms with van der Waals surface area (Å²) in [5.41, 5.74) is 3.33. The van der Waals surface area contributed by atoms with Crippen LogP contribution in [-0.4, -0.2) is 40.2 Å². The third kappa shape index (κ3) is 4.77. The predicted octanol–water partition coefficient (Wildman–Crippen LogP) is 3.39. The number of carbonyl (C=O) groups excluding carboxylic acids is 2. The summed E-state index contributed by atoms with van der Waals surface area (Å²) in [4.78, 5) is 32.9. The van der Waals surface area contributed by atoms with Crippen molar-refractivity contribution in [2.45, 2.75) is 45.7 Å². The van der Waals surface area contributed by atoms with Crippen LogP contribution >= 0.6 is 0 Å². The molecule has 1 fully saturated rings. The number of benzene rings is 1. The topological polar surface area (TPSA) is 53.5 Å². The molecule has 0 unspecified atom stereocenters. The van der Waals surface area contributed by atoms with Crippen LogP contribution in [0.2, 0.25) is 0 Å². The maximum Gasteiger partial charge on any atom is 0.228 e. The minimum absolute atomic E-state index is 0.0203. The van der Waals surface area contributed by atoms with Crippen LogP contribution in [-0.2, 0) is 28.1 Å². The van der Waals surface area contributed by atoms with E-state index in [-0.39, 0.29) is 29.6 Å². The zero-order chi connectivity index (χ0) is 20.3. The molecule has 2 heterocycles. The van der Waals surface area contributed by atoms with E-state index in [1.807, 2.05) is 25.2 Å². The number of carbonyl (C=O) groups is 2. The van der Waals surface area contributed by atoms with Crippen molar-refractivity contribution in [3.63, 3.8) is 0 Å². The van der Waals surface area contributed by atoms with Gasteiger partial charge in [-0.05, 0) is 28.7 Å². The lowest BCUT2D eigenvalue weighted by molar-refractivity contribution is -0.135. The van der Waals surface area contributed by atoms with Crippen LogP contribution < -0.4 is 0 Å². The van der Waals surface area contributed by atoms with Crippen LogP contribution in [0, 0.1) is 5.92 Å². The van der Waals surface area contributed by atoms with E-state index in [2.05, 4.69) is 50.0 Å². The van der Waals surface area contributed by atoms with Crippen molar-refractivity contribution in [1.82, 2.24) is 14.8 Å². The minimum Gasteiger partial charge on any atom is -0.341 e. The Kier molecular flexibility index (Phi) is 5.82. The Bertz CT molecular complexity index is 825. The molecule has 0 bridgehead atoms. The third-order valence-electron chi connectivity index (χ3n) is 5.26. The van der Waals surface area contributed by atoms with Gasteiger partial charge in [-0.3, -0.25) is 14.6 Å². The maximum atomic E-state index is 12.9. The molecule has 1 aliphatic rings. The summed E-state index contributed by atoms with van der Waals surface area (Å²) in [6.45, 7) is 8.03. The first-order chi connectivity index (χ1) is 13.2. The molecular formula is C23H29N3O2. The fourth-order valence-corrected chi connectivity index (χ4v) is 3.55. The Morgan fingerprint density at radius 1 is 1.18 bits per heavy atom. The summed E-state index contributed by atoms with van der Waals surface area (Å²) in [5, 5.41) is 0. The molecule has 1 aliphatic heterocycles. The number of amides is 2. The molecule has 2 aromatic rings. The summed E-state index contributed by atoms with van der Waals surface area (Å²) < 4.78 is 0. The number of hydrogen-bond donors (Lipinski definition) is 0. The molecule has 2 amide bonds. The lowest BCUT2D eigenvalue weighted by atomic mass is 9.87. The van der Waals surface area contributed by atoms with Crippen molar-refractivity contribution in [3.8, 4) is 0 Å². The van der Waals surface area contributed by atoms with E-state index >= 15 is 0 Å². The summed E-state index contributed by atoms with van der Waals surface area (Å²) in [5.74, 6) is -0.237. The van der Waals surface area contributed by atoms with Crippen molar-refractivity contribution < 1.29 is 9.59 Å². The number of pyridine rings is 1. The maximum absolute atomic E-state index is 12.9. The second kappa shape index (κ2) is 8.13. The Morgan fingerprint density at radius 2 is 1.89 bits per heavy atom. The molecule has 0 radical (unpaired) electrons. The number of aromatic nitrogens is 1. The highest BCUT2D eigenvalue weighted by atomic mass is 16.2. The highest BCUT2D eigenvalue weighted by Gasteiger charge is 2.35. The first-order valence-electron chi connectivity index (χ1n) is 9.76. The van der Waals surface area contributed by atoms with E-state index in [1.165, 1.54) is 5.56 Å². The molecule has 5 nitrogen and oxygen atoms in total. The van der Waals surface area contributed by atoms with Gasteiger partial charge in [0.1, 0.15) is 0 Å². The lowest BCUT2D eigenvalue weighted by Crippen LogP contribution is -2.34. The van der Waals surface area contributed by atoms with Gasteiger partial charge >= 0.3 is 0 Å². The van der Waals surface area contributed by atoms with Gasteiger partial charge in [-0.15, -0.1) is 0 Å². The Balaban J connectivity index is 1.58. The van der Waals surface area contributed by atoms with Gasteiger partial charge in [0.2, 0.25) is 11.8 Å². The molecule has 1 atom stereocenters. The molecular weight excluding hydrogens is 350 g/mol. The largest absolute Gasteiger partial charge is 0.341 e. The normalized spacial score (nSPS) is 17.1. The highest BCUT2D eigenvalue weighted by molar-refractivity contribution is 5.89. The SMILES string of the molecule is CN(Cc1ccc(C(C)(C)C)cc1)C(=O)[C@H]1CC(=O)N(Cc2ccccn2)C1. The van der Waals surface area contributed by atoms with Crippen molar-refractivity contribution in [2.24, 2.45) is 5.92 Å². The number of nitrogens with zero attached hydrogens (tertiary/aromatic N) is 3. The molecule has 1 saturated heterocycles. The van der Waals surface area contributed by atoms with Gasteiger partial charge in [-0.25, -0.2) is 0 Å². The van der Waals surface area contributed by atoms with Gasteiger partial charge in [0, 0.05) is 32.8 Å². The molecule has 0 spiro atoms. The molecule has 148 valence electrons. The average Bonchev–Trinajstić information content (AvgIpc) is 3.02. The second-order valence-electron chi connectivity index (χ2n) is 8.64. The second-order valence-corrected chi connectivity index (χ2v) is 8.64. The van der Waals surface area contributed by atoms with Crippen LogP contribution in [0.4, 0.5) is 0 Å². The van der Waals surface area contributed by atoms with Crippen LogP contribution in [0.15, 0.2) is 48.7 Å². The lowest BCUT2D eigenvalue weighted by Gasteiger charge is -2.23. The summed E-state index contributed by atoms with van der Waals surface area (Å²) in [7, 11) is 1.81. The van der Waals surface area contributed by atoms with Gasteiger partial charge in [-0.1, -0.05) is 51.1 Å². The third-order valence-corrected chi connectivity index (χ3v) is 5.26. The fraction of sp³-hybridized carbons (Fsp3) is 0.435. The predicted molar refractivity (Wildman–Crippen MR) is 109 cm³/mol. The first-order valence-corrected chi connectivity index (χ1v) is 9.76. The number of likely N-dealkylation sites (tertiary alicyclic amines) is 1. The average molecular weight is 380 g/mol. The Morgan fingerprint density at radius 3 is 2.50 bits per heavy atom. The van der Waals surface area contributed by atoms with E-state index in [0.717, 1.165) is 11.3 Å². The van der Waals surface area contributed by atoms with Crippen LogP contribution in [0.3, 0.4) is 0 Å². The van der Waals surface area contributed by atoms with E-state index < -0.39 is 0 Å². The van der Waals surface area contributed by atoms with Crippen LogP contribution in [0.5, 0.6) is 0 Å². The van der Waals surface area contributed by atoms with E-state index in [1.54, 1.807) is 16.0 Å². The van der Waals surface area contributed by atoms with Crippen molar-refractivity contribution >= 4 is 11.8 Å². The van der Waals surface area contributed by atoms with Crippen molar-refractivity contribution in [2.75, 3.05) is 13.6 Å². The van der Waals surface area contributed by atoms with Crippen molar-refractivity contribution in [1.29, 1.82) is 0 Å². The molecule has 0 N–H and O–H groups in total. The standard InChI is InChI=1S/C23H29N3O2/c1-23(2,3)19-10-8-17(9-11-19)14-25(4)22(28)18-13-21(27)26(15-18)16-20-7-5-6-12-24-20/h5-12,18H,13-16H2,1-4H3/t18-/m0/s1. The number of hydrogen-bond acceptors (Lipinski definition) is 3. The fourth-order valence-electron chi connectivity index (χ4n) is 3.55. The smallest absolute Gasteiger partial charge is 0.228 e. The molecule has 1 aromatic carbocycles. The quantitative estimate of drug-likeness (QED) is 0.800. The van der Waals surface area contributed by atoms with Crippen LogP contribution in [0.25, 0.3) is 0 Å². The summed E-state index contributed by atoms with van der Waals surface area (Å²) >= 11 is 0. The van der Waals surface area contributed by atoms with Gasteiger partial charge < -0.3 is 9.80 Å². The molecule has 3 rings (SSSR count). The zero-order valence-corrected chi connectivity index (χ0v) is 17.2. The van der Waals surface area contributed by atoms with Gasteiger partial charge in [0.15, 0.2) is 0 Å². The van der Waals surface area contributed by atoms with Gasteiger partial charge in [-0.2, -0.15) is 0 Å². The molecule has 1 aromatic heterocycles. The Hall–Kier alpha value is -2.69. The van der Waals surface area contributed by atoms with E-state index in [4.69, 9.17) is 0 Å². The van der Waals surface area contributed by atoms with Gasteiger partial charge in [0.25, 0.3) is 0 Å². The molecule has 0 aliphatic carbocycles. The van der Waals surface area contributed by atoms with Crippen LogP contribution in [0.1, 0.15) is 44.0 Å². The summed E-state index contributed by atoms with van der Waals surface area (Å²) in [6.07, 6.45) is 2.00. The Labute approximate surface area is 167 Å². The monoisotopic (exact) mass is 379 g/mol. The molecule has 28 heavy (non-hydrogen) atoms. The molecule has 5 heteroatoms. The highest BCUT2D eigenvalue weighted by Crippen LogP contribution is 2.24. The van der Waals surface area contributed by atoms with E-state index in [0.29, 0.717) is 19.6 Å². The van der Waals surface area contributed by atoms with E-state index in [9.17, 15) is 9.59 Å². The molecule has 0 saturated carbocycles. The zero-order valence-electron chi connectivity index (χ0n) is 17.2.